The minimum Gasteiger partial charge on any atom is -0.376 e. The number of nitriles is 1. The van der Waals surface area contributed by atoms with E-state index in [9.17, 15) is 14.9 Å². The van der Waals surface area contributed by atoms with Gasteiger partial charge in [-0.2, -0.15) is 5.26 Å². The van der Waals surface area contributed by atoms with Crippen LogP contribution in [0.25, 0.3) is 10.2 Å². The number of nitrogens with zero attached hydrogens (tertiary/aromatic N) is 3. The van der Waals surface area contributed by atoms with Crippen molar-refractivity contribution >= 4 is 39.2 Å². The Bertz CT molecular complexity index is 1090. The first kappa shape index (κ1) is 22.3. The molecule has 1 N–H and O–H groups in total. The summed E-state index contributed by atoms with van der Waals surface area (Å²) in [5.74, 6) is 0.120. The molecule has 9 heteroatoms. The molecule has 2 aromatic rings. The number of aryl methyl sites for hydroxylation is 2. The summed E-state index contributed by atoms with van der Waals surface area (Å²) in [6.45, 7) is 7.02. The Morgan fingerprint density at radius 1 is 1.45 bits per heavy atom. The van der Waals surface area contributed by atoms with Gasteiger partial charge >= 0.3 is 0 Å². The molecule has 3 heterocycles. The maximum Gasteiger partial charge on any atom is 0.263 e. The van der Waals surface area contributed by atoms with Crippen LogP contribution in [0.1, 0.15) is 50.0 Å². The highest BCUT2D eigenvalue weighted by Gasteiger charge is 2.43. The minimum atomic E-state index is -0.826. The standard InChI is InChI=1S/C22H28N4O3S2/c1-4-16-13(2)31-19-18(16)20(28)26(10-15-6-5-9-29-15)21(24-19)30-11-17(27)25-22(3,12-23)14-7-8-14/h14-15H,4-11H2,1-3H3,(H,25,27)/t15-,22+/m0/s1. The van der Waals surface area contributed by atoms with Gasteiger partial charge in [-0.05, 0) is 57.4 Å². The molecule has 2 aromatic heterocycles. The van der Waals surface area contributed by atoms with Crippen molar-refractivity contribution < 1.29 is 9.53 Å². The van der Waals surface area contributed by atoms with E-state index in [1.54, 1.807) is 11.5 Å². The molecule has 1 saturated carbocycles. The fourth-order valence-corrected chi connectivity index (χ4v) is 6.22. The lowest BCUT2D eigenvalue weighted by Gasteiger charge is -2.23. The lowest BCUT2D eigenvalue weighted by molar-refractivity contribution is -0.119. The molecule has 0 unspecified atom stereocenters. The van der Waals surface area contributed by atoms with E-state index in [2.05, 4.69) is 18.3 Å². The third kappa shape index (κ3) is 4.52. The van der Waals surface area contributed by atoms with E-state index in [4.69, 9.17) is 9.72 Å². The van der Waals surface area contributed by atoms with Gasteiger partial charge in [-0.15, -0.1) is 11.3 Å². The van der Waals surface area contributed by atoms with Crippen LogP contribution in [-0.2, 0) is 22.5 Å². The van der Waals surface area contributed by atoms with Crippen molar-refractivity contribution in [1.82, 2.24) is 14.9 Å². The van der Waals surface area contributed by atoms with E-state index in [1.807, 2.05) is 6.92 Å². The Kier molecular flexibility index (Phi) is 6.42. The number of fused-ring (bicyclic) bond motifs is 1. The number of rotatable bonds is 8. The Morgan fingerprint density at radius 2 is 2.23 bits per heavy atom. The first-order valence-electron chi connectivity index (χ1n) is 10.9. The Balaban J connectivity index is 1.61. The lowest BCUT2D eigenvalue weighted by Crippen LogP contribution is -2.47. The topological polar surface area (TPSA) is 97.0 Å². The van der Waals surface area contributed by atoms with Crippen LogP contribution >= 0.6 is 23.1 Å². The molecule has 1 saturated heterocycles. The van der Waals surface area contributed by atoms with Crippen LogP contribution in [0.2, 0.25) is 0 Å². The van der Waals surface area contributed by atoms with E-state index in [0.717, 1.165) is 47.4 Å². The number of carbonyl (C=O) groups excluding carboxylic acids is 1. The van der Waals surface area contributed by atoms with Crippen molar-refractivity contribution in [1.29, 1.82) is 5.26 Å². The number of carbonyl (C=O) groups is 1. The Labute approximate surface area is 190 Å². The fraction of sp³-hybridized carbons (Fsp3) is 0.636. The van der Waals surface area contributed by atoms with Gasteiger partial charge in [-0.25, -0.2) is 4.98 Å². The zero-order chi connectivity index (χ0) is 22.2. The highest BCUT2D eigenvalue weighted by molar-refractivity contribution is 7.99. The van der Waals surface area contributed by atoms with Gasteiger partial charge in [0.15, 0.2) is 5.16 Å². The molecule has 0 bridgehead atoms. The summed E-state index contributed by atoms with van der Waals surface area (Å²) in [7, 11) is 0. The highest BCUT2D eigenvalue weighted by atomic mass is 32.2. The van der Waals surface area contributed by atoms with Crippen molar-refractivity contribution in [2.45, 2.75) is 76.2 Å². The van der Waals surface area contributed by atoms with Gasteiger partial charge in [-0.1, -0.05) is 18.7 Å². The van der Waals surface area contributed by atoms with Gasteiger partial charge in [0, 0.05) is 11.5 Å². The molecular weight excluding hydrogens is 432 g/mol. The maximum absolute atomic E-state index is 13.5. The van der Waals surface area contributed by atoms with Crippen LogP contribution in [0, 0.1) is 24.2 Å². The van der Waals surface area contributed by atoms with Gasteiger partial charge in [0.25, 0.3) is 5.56 Å². The van der Waals surface area contributed by atoms with Crippen LogP contribution in [0.3, 0.4) is 0 Å². The molecule has 7 nitrogen and oxygen atoms in total. The van der Waals surface area contributed by atoms with Crippen LogP contribution in [-0.4, -0.2) is 39.5 Å². The predicted octanol–water partition coefficient (Wildman–Crippen LogP) is 3.41. The second-order valence-corrected chi connectivity index (χ2v) is 10.7. The normalized spacial score (nSPS) is 20.5. The molecular formula is C22H28N4O3S2. The van der Waals surface area contributed by atoms with E-state index in [1.165, 1.54) is 23.1 Å². The number of ether oxygens (including phenoxy) is 1. The van der Waals surface area contributed by atoms with Crippen molar-refractivity contribution in [2.24, 2.45) is 5.92 Å². The summed E-state index contributed by atoms with van der Waals surface area (Å²) in [6, 6.07) is 2.25. The summed E-state index contributed by atoms with van der Waals surface area (Å²) in [6.07, 6.45) is 4.62. The highest BCUT2D eigenvalue weighted by Crippen LogP contribution is 2.39. The van der Waals surface area contributed by atoms with Crippen molar-refractivity contribution in [3.63, 3.8) is 0 Å². The van der Waals surface area contributed by atoms with Crippen LogP contribution < -0.4 is 10.9 Å². The molecule has 166 valence electrons. The smallest absolute Gasteiger partial charge is 0.263 e. The van der Waals surface area contributed by atoms with Gasteiger partial charge in [0.2, 0.25) is 5.91 Å². The number of thiophene rings is 1. The summed E-state index contributed by atoms with van der Waals surface area (Å²) in [4.78, 5) is 32.7. The second kappa shape index (κ2) is 8.93. The monoisotopic (exact) mass is 460 g/mol. The zero-order valence-electron chi connectivity index (χ0n) is 18.2. The third-order valence-electron chi connectivity index (χ3n) is 6.20. The largest absolute Gasteiger partial charge is 0.376 e. The maximum atomic E-state index is 13.5. The van der Waals surface area contributed by atoms with E-state index in [0.29, 0.717) is 23.7 Å². The summed E-state index contributed by atoms with van der Waals surface area (Å²) in [5.41, 5.74) is 0.180. The molecule has 1 aliphatic heterocycles. The van der Waals surface area contributed by atoms with Crippen molar-refractivity contribution in [3.05, 3.63) is 20.8 Å². The summed E-state index contributed by atoms with van der Waals surface area (Å²) >= 11 is 2.79. The fourth-order valence-electron chi connectivity index (χ4n) is 4.26. The molecule has 2 fully saturated rings. The summed E-state index contributed by atoms with van der Waals surface area (Å²) in [5, 5.41) is 13.6. The number of hydrogen-bond acceptors (Lipinski definition) is 7. The molecule has 0 spiro atoms. The van der Waals surface area contributed by atoms with Crippen LogP contribution in [0.5, 0.6) is 0 Å². The first-order valence-corrected chi connectivity index (χ1v) is 12.7. The third-order valence-corrected chi connectivity index (χ3v) is 8.22. The van der Waals surface area contributed by atoms with Gasteiger partial charge in [-0.3, -0.25) is 14.2 Å². The van der Waals surface area contributed by atoms with Crippen LogP contribution in [0.15, 0.2) is 9.95 Å². The van der Waals surface area contributed by atoms with Gasteiger partial charge in [0.1, 0.15) is 10.4 Å². The van der Waals surface area contributed by atoms with E-state index >= 15 is 0 Å². The zero-order valence-corrected chi connectivity index (χ0v) is 19.8. The van der Waals surface area contributed by atoms with Gasteiger partial charge < -0.3 is 10.1 Å². The average Bonchev–Trinajstić information content (AvgIpc) is 3.39. The molecule has 2 aliphatic rings. The van der Waals surface area contributed by atoms with E-state index < -0.39 is 5.54 Å². The molecule has 1 amide bonds. The molecule has 0 aromatic carbocycles. The SMILES string of the molecule is CCc1c(C)sc2nc(SCC(=O)N[C@](C)(C#N)C3CC3)n(C[C@@H]3CCCO3)c(=O)c12. The molecule has 4 rings (SSSR count). The second-order valence-electron chi connectivity index (χ2n) is 8.54. The predicted molar refractivity (Wildman–Crippen MR) is 123 cm³/mol. The Hall–Kier alpha value is -1.89. The molecule has 1 aliphatic carbocycles. The number of amides is 1. The molecule has 2 atom stereocenters. The number of thioether (sulfide) groups is 1. The number of hydrogen-bond donors (Lipinski definition) is 1. The van der Waals surface area contributed by atoms with Gasteiger partial charge in [0.05, 0.1) is 29.9 Å². The van der Waals surface area contributed by atoms with E-state index in [-0.39, 0.29) is 29.2 Å². The van der Waals surface area contributed by atoms with Crippen molar-refractivity contribution in [3.8, 4) is 6.07 Å². The molecule has 0 radical (unpaired) electrons. The molecule has 31 heavy (non-hydrogen) atoms. The number of aromatic nitrogens is 2. The first-order chi connectivity index (χ1) is 14.9. The van der Waals surface area contributed by atoms with Crippen LogP contribution in [0.4, 0.5) is 0 Å². The average molecular weight is 461 g/mol. The Morgan fingerprint density at radius 3 is 2.84 bits per heavy atom. The quantitative estimate of drug-likeness (QED) is 0.479. The lowest BCUT2D eigenvalue weighted by atomic mass is 9.98. The van der Waals surface area contributed by atoms with Crippen molar-refractivity contribution in [2.75, 3.05) is 12.4 Å². The summed E-state index contributed by atoms with van der Waals surface area (Å²) < 4.78 is 7.46. The minimum absolute atomic E-state index is 0.00770. The number of nitrogens with one attached hydrogen (secondary N) is 1.